The van der Waals surface area contributed by atoms with Crippen molar-refractivity contribution in [2.45, 2.75) is 52.1 Å². The molecule has 158 valence electrons. The number of carbonyl (C=O) groups is 1. The van der Waals surface area contributed by atoms with Crippen LogP contribution in [0.1, 0.15) is 50.4 Å². The molecule has 0 bridgehead atoms. The minimum absolute atomic E-state index is 0.382. The van der Waals surface area contributed by atoms with Crippen molar-refractivity contribution in [2.75, 3.05) is 51.8 Å². The zero-order chi connectivity index (χ0) is 20.7. The summed E-state index contributed by atoms with van der Waals surface area (Å²) >= 11 is 6.45. The quantitative estimate of drug-likeness (QED) is 0.580. The summed E-state index contributed by atoms with van der Waals surface area (Å²) in [6.45, 7) is 11.8. The molecule has 1 aromatic heterocycles. The second-order valence-corrected chi connectivity index (χ2v) is 7.92. The van der Waals surface area contributed by atoms with Crippen molar-refractivity contribution in [3.8, 4) is 0 Å². The van der Waals surface area contributed by atoms with Crippen LogP contribution >= 0.6 is 11.6 Å². The van der Waals surface area contributed by atoms with E-state index < -0.39 is 5.97 Å². The smallest absolute Gasteiger partial charge is 0.339 e. The molecule has 2 rings (SSSR count). The van der Waals surface area contributed by atoms with Crippen LogP contribution in [-0.4, -0.2) is 79.7 Å². The first-order chi connectivity index (χ1) is 13.4. The average molecular weight is 411 g/mol. The van der Waals surface area contributed by atoms with Gasteiger partial charge in [0.15, 0.2) is 0 Å². The van der Waals surface area contributed by atoms with Crippen LogP contribution in [0.4, 0.5) is 5.82 Å². The summed E-state index contributed by atoms with van der Waals surface area (Å²) in [5, 5.41) is 0.503. The summed E-state index contributed by atoms with van der Waals surface area (Å²) in [4.78, 5) is 23.5. The van der Waals surface area contributed by atoms with E-state index in [1.54, 1.807) is 12.3 Å². The number of rotatable bonds is 9. The van der Waals surface area contributed by atoms with Crippen molar-refractivity contribution >= 4 is 23.4 Å². The molecule has 0 aromatic carbocycles. The van der Waals surface area contributed by atoms with Crippen LogP contribution in [0.25, 0.3) is 0 Å². The second kappa shape index (κ2) is 11.0. The van der Waals surface area contributed by atoms with Gasteiger partial charge in [0.2, 0.25) is 0 Å². The van der Waals surface area contributed by atoms with E-state index in [0.29, 0.717) is 22.7 Å². The lowest BCUT2D eigenvalue weighted by molar-refractivity contribution is 0.0600. The summed E-state index contributed by atoms with van der Waals surface area (Å²) in [5.41, 5.74) is 0.382. The van der Waals surface area contributed by atoms with Gasteiger partial charge in [-0.25, -0.2) is 9.78 Å². The Morgan fingerprint density at radius 2 is 2.14 bits per heavy atom. The molecule has 0 spiro atoms. The van der Waals surface area contributed by atoms with E-state index in [0.717, 1.165) is 45.0 Å². The minimum Gasteiger partial charge on any atom is -0.465 e. The third kappa shape index (κ3) is 5.58. The maximum atomic E-state index is 11.7. The highest BCUT2D eigenvalue weighted by Gasteiger charge is 2.31. The zero-order valence-electron chi connectivity index (χ0n) is 17.9. The largest absolute Gasteiger partial charge is 0.465 e. The van der Waals surface area contributed by atoms with Crippen LogP contribution in [0, 0.1) is 0 Å². The summed E-state index contributed by atoms with van der Waals surface area (Å²) < 4.78 is 4.75. The number of anilines is 1. The first kappa shape index (κ1) is 22.9. The predicted octanol–water partition coefficient (Wildman–Crippen LogP) is 3.54. The van der Waals surface area contributed by atoms with Crippen LogP contribution < -0.4 is 4.90 Å². The van der Waals surface area contributed by atoms with Crippen LogP contribution in [-0.2, 0) is 4.74 Å². The summed E-state index contributed by atoms with van der Waals surface area (Å²) in [6, 6.07) is 2.73. The zero-order valence-corrected chi connectivity index (χ0v) is 18.7. The van der Waals surface area contributed by atoms with Gasteiger partial charge in [0.05, 0.1) is 17.7 Å². The maximum absolute atomic E-state index is 11.7. The van der Waals surface area contributed by atoms with Crippen molar-refractivity contribution in [2.24, 2.45) is 0 Å². The SMILES string of the molecule is CCC(CCN(C)CC)N1CCN(c2ncc(C(=O)OC)cc2Cl)CC1CC. The normalized spacial score (nSPS) is 19.1. The van der Waals surface area contributed by atoms with Gasteiger partial charge in [-0.15, -0.1) is 0 Å². The van der Waals surface area contributed by atoms with E-state index in [1.807, 2.05) is 0 Å². The van der Waals surface area contributed by atoms with Gasteiger partial charge in [0.1, 0.15) is 5.82 Å². The van der Waals surface area contributed by atoms with Gasteiger partial charge in [0, 0.05) is 37.9 Å². The first-order valence-electron chi connectivity index (χ1n) is 10.4. The molecular weight excluding hydrogens is 376 g/mol. The summed E-state index contributed by atoms with van der Waals surface area (Å²) in [5.74, 6) is 0.339. The fraction of sp³-hybridized carbons (Fsp3) is 0.714. The molecular formula is C21H35ClN4O2. The van der Waals surface area contributed by atoms with Gasteiger partial charge < -0.3 is 14.5 Å². The fourth-order valence-corrected chi connectivity index (χ4v) is 4.22. The van der Waals surface area contributed by atoms with E-state index in [2.05, 4.69) is 47.5 Å². The van der Waals surface area contributed by atoms with E-state index in [1.165, 1.54) is 20.0 Å². The molecule has 1 saturated heterocycles. The molecule has 6 nitrogen and oxygen atoms in total. The molecule has 0 saturated carbocycles. The number of aromatic nitrogens is 1. The third-order valence-electron chi connectivity index (χ3n) is 5.87. The molecule has 2 atom stereocenters. The Balaban J connectivity index is 2.08. The highest BCUT2D eigenvalue weighted by Crippen LogP contribution is 2.28. The number of esters is 1. The Bertz CT molecular complexity index is 643. The molecule has 7 heteroatoms. The Morgan fingerprint density at radius 1 is 1.39 bits per heavy atom. The molecule has 0 aliphatic carbocycles. The molecule has 1 aliphatic heterocycles. The minimum atomic E-state index is -0.417. The molecule has 0 amide bonds. The average Bonchev–Trinajstić information content (AvgIpc) is 2.73. The number of halogens is 1. The molecule has 2 unspecified atom stereocenters. The molecule has 0 N–H and O–H groups in total. The lowest BCUT2D eigenvalue weighted by atomic mass is 10.0. The highest BCUT2D eigenvalue weighted by atomic mass is 35.5. The second-order valence-electron chi connectivity index (χ2n) is 7.51. The number of hydrogen-bond donors (Lipinski definition) is 0. The van der Waals surface area contributed by atoms with E-state index in [4.69, 9.17) is 16.3 Å². The van der Waals surface area contributed by atoms with Crippen LogP contribution in [0.5, 0.6) is 0 Å². The lowest BCUT2D eigenvalue weighted by Crippen LogP contribution is -2.57. The number of ether oxygens (including phenoxy) is 1. The Labute approximate surface area is 174 Å². The Hall–Kier alpha value is -1.37. The monoisotopic (exact) mass is 410 g/mol. The topological polar surface area (TPSA) is 48.9 Å². The lowest BCUT2D eigenvalue weighted by Gasteiger charge is -2.46. The highest BCUT2D eigenvalue weighted by molar-refractivity contribution is 6.33. The molecule has 1 aliphatic rings. The van der Waals surface area contributed by atoms with Gasteiger partial charge in [0.25, 0.3) is 0 Å². The van der Waals surface area contributed by atoms with E-state index in [9.17, 15) is 4.79 Å². The number of hydrogen-bond acceptors (Lipinski definition) is 6. The van der Waals surface area contributed by atoms with Crippen molar-refractivity contribution in [3.05, 3.63) is 22.8 Å². The fourth-order valence-electron chi connectivity index (χ4n) is 3.93. The first-order valence-corrected chi connectivity index (χ1v) is 10.8. The van der Waals surface area contributed by atoms with Crippen molar-refractivity contribution in [1.82, 2.24) is 14.8 Å². The van der Waals surface area contributed by atoms with Crippen LogP contribution in [0.15, 0.2) is 12.3 Å². The molecule has 0 radical (unpaired) electrons. The number of pyridine rings is 1. The molecule has 2 heterocycles. The van der Waals surface area contributed by atoms with Gasteiger partial charge in [-0.3, -0.25) is 4.90 Å². The number of nitrogens with zero attached hydrogens (tertiary/aromatic N) is 4. The molecule has 28 heavy (non-hydrogen) atoms. The Kier molecular flexibility index (Phi) is 8.99. The third-order valence-corrected chi connectivity index (χ3v) is 6.14. The summed E-state index contributed by atoms with van der Waals surface area (Å²) in [7, 11) is 3.55. The van der Waals surface area contributed by atoms with Crippen LogP contribution in [0.3, 0.4) is 0 Å². The van der Waals surface area contributed by atoms with Gasteiger partial charge >= 0.3 is 5.97 Å². The van der Waals surface area contributed by atoms with Crippen molar-refractivity contribution < 1.29 is 9.53 Å². The molecule has 1 fully saturated rings. The van der Waals surface area contributed by atoms with Gasteiger partial charge in [-0.05, 0) is 45.5 Å². The van der Waals surface area contributed by atoms with Crippen molar-refractivity contribution in [1.29, 1.82) is 0 Å². The number of carbonyl (C=O) groups excluding carboxylic acids is 1. The van der Waals surface area contributed by atoms with Crippen molar-refractivity contribution in [3.63, 3.8) is 0 Å². The number of methoxy groups -OCH3 is 1. The number of piperazine rings is 1. The Morgan fingerprint density at radius 3 is 2.71 bits per heavy atom. The van der Waals surface area contributed by atoms with Gasteiger partial charge in [-0.1, -0.05) is 32.4 Å². The molecule has 1 aromatic rings. The maximum Gasteiger partial charge on any atom is 0.339 e. The van der Waals surface area contributed by atoms with E-state index in [-0.39, 0.29) is 0 Å². The van der Waals surface area contributed by atoms with Crippen LogP contribution in [0.2, 0.25) is 5.02 Å². The van der Waals surface area contributed by atoms with Gasteiger partial charge in [-0.2, -0.15) is 0 Å². The standard InChI is InChI=1S/C21H35ClN4O2/c1-6-17(9-10-24(4)8-3)26-12-11-25(15-18(26)7-2)20-19(22)13-16(14-23-20)21(27)28-5/h13-14,17-18H,6-12,15H2,1-5H3. The van der Waals surface area contributed by atoms with E-state index >= 15 is 0 Å². The predicted molar refractivity (Wildman–Crippen MR) is 115 cm³/mol. The summed E-state index contributed by atoms with van der Waals surface area (Å²) in [6.07, 6.45) is 5.01.